The maximum absolute atomic E-state index is 9.95. The van der Waals surface area contributed by atoms with E-state index < -0.39 is 0 Å². The third-order valence-corrected chi connectivity index (χ3v) is 1.61. The van der Waals surface area contributed by atoms with Gasteiger partial charge in [-0.3, -0.25) is 4.79 Å². The summed E-state index contributed by atoms with van der Waals surface area (Å²) in [6, 6.07) is 0. The van der Waals surface area contributed by atoms with Crippen LogP contribution in [0.1, 0.15) is 34.1 Å². The lowest BCUT2D eigenvalue weighted by Gasteiger charge is -2.21. The van der Waals surface area contributed by atoms with E-state index in [0.29, 0.717) is 13.1 Å². The molecule has 0 bridgehead atoms. The summed E-state index contributed by atoms with van der Waals surface area (Å²) in [5.41, 5.74) is 1.35. The lowest BCUT2D eigenvalue weighted by molar-refractivity contribution is -0.131. The summed E-state index contributed by atoms with van der Waals surface area (Å²) in [5.74, 6) is 0. The molecule has 0 atom stereocenters. The van der Waals surface area contributed by atoms with Crippen LogP contribution >= 0.6 is 0 Å². The lowest BCUT2D eigenvalue weighted by atomic mass is 9.90. The van der Waals surface area contributed by atoms with E-state index in [2.05, 4.69) is 33.8 Å². The van der Waals surface area contributed by atoms with Gasteiger partial charge in [-0.1, -0.05) is 25.5 Å². The van der Waals surface area contributed by atoms with Crippen molar-refractivity contribution in [1.29, 1.82) is 0 Å². The van der Waals surface area contributed by atoms with Crippen molar-refractivity contribution < 1.29 is 9.53 Å². The highest BCUT2D eigenvalue weighted by Crippen LogP contribution is 2.21. The quantitative estimate of drug-likeness (QED) is 0.468. The van der Waals surface area contributed by atoms with Crippen LogP contribution in [-0.2, 0) is 9.53 Å². The highest BCUT2D eigenvalue weighted by molar-refractivity contribution is 5.36. The van der Waals surface area contributed by atoms with E-state index >= 15 is 0 Å². The monoisotopic (exact) mass is 170 g/mol. The molecule has 0 spiro atoms. The molecule has 0 heterocycles. The summed E-state index contributed by atoms with van der Waals surface area (Å²) in [5, 5.41) is 0. The smallest absolute Gasteiger partial charge is 0.293 e. The molecule has 2 heteroatoms. The van der Waals surface area contributed by atoms with Crippen molar-refractivity contribution in [1.82, 2.24) is 0 Å². The van der Waals surface area contributed by atoms with E-state index in [9.17, 15) is 4.79 Å². The molecule has 0 saturated carbocycles. The van der Waals surface area contributed by atoms with Gasteiger partial charge >= 0.3 is 0 Å². The fraction of sp³-hybridized carbons (Fsp3) is 0.700. The minimum atomic E-state index is 0.0537. The van der Waals surface area contributed by atoms with E-state index in [1.165, 1.54) is 5.57 Å². The van der Waals surface area contributed by atoms with E-state index in [0.717, 1.165) is 6.42 Å². The van der Waals surface area contributed by atoms with Gasteiger partial charge in [-0.05, 0) is 20.3 Å². The van der Waals surface area contributed by atoms with Crippen LogP contribution in [0.5, 0.6) is 0 Å². The summed E-state index contributed by atoms with van der Waals surface area (Å²) >= 11 is 0. The Labute approximate surface area is 74.6 Å². The van der Waals surface area contributed by atoms with E-state index in [1.807, 2.05) is 0 Å². The highest BCUT2D eigenvalue weighted by Gasteiger charge is 2.16. The third-order valence-electron chi connectivity index (χ3n) is 1.61. The first kappa shape index (κ1) is 11.2. The molecule has 0 rings (SSSR count). The molecule has 0 amide bonds. The first-order valence-electron chi connectivity index (χ1n) is 4.16. The van der Waals surface area contributed by atoms with Crippen molar-refractivity contribution in [2.45, 2.75) is 34.1 Å². The molecule has 2 nitrogen and oxygen atoms in total. The molecule has 0 aromatic rings. The Kier molecular flexibility index (Phi) is 4.64. The van der Waals surface area contributed by atoms with E-state index in [4.69, 9.17) is 4.74 Å². The molecule has 0 aromatic heterocycles. The standard InChI is InChI=1S/C10H18O2/c1-9(2)5-6-10(3,4)7-12-8-11/h5,8H,6-7H2,1-4H3. The van der Waals surface area contributed by atoms with Crippen molar-refractivity contribution in [3.8, 4) is 0 Å². The third kappa shape index (κ3) is 5.96. The second-order valence-corrected chi connectivity index (χ2v) is 4.06. The van der Waals surface area contributed by atoms with Crippen LogP contribution in [0.4, 0.5) is 0 Å². The molecular weight excluding hydrogens is 152 g/mol. The maximum atomic E-state index is 9.95. The summed E-state index contributed by atoms with van der Waals surface area (Å²) < 4.78 is 4.72. The van der Waals surface area contributed by atoms with Crippen LogP contribution in [-0.4, -0.2) is 13.1 Å². The van der Waals surface area contributed by atoms with Gasteiger partial charge in [-0.25, -0.2) is 0 Å². The number of rotatable bonds is 5. The van der Waals surface area contributed by atoms with Crippen LogP contribution < -0.4 is 0 Å². The number of carbonyl (C=O) groups is 1. The molecule has 0 radical (unpaired) electrons. The largest absolute Gasteiger partial charge is 0.467 e. The second-order valence-electron chi connectivity index (χ2n) is 4.06. The zero-order valence-corrected chi connectivity index (χ0v) is 8.39. The van der Waals surface area contributed by atoms with Gasteiger partial charge in [0.1, 0.15) is 0 Å². The van der Waals surface area contributed by atoms with Gasteiger partial charge in [0, 0.05) is 5.41 Å². The Bertz CT molecular complexity index is 165. The molecule has 0 aliphatic carbocycles. The summed E-state index contributed by atoms with van der Waals surface area (Å²) in [6.07, 6.45) is 3.11. The number of ether oxygens (including phenoxy) is 1. The number of hydrogen-bond acceptors (Lipinski definition) is 2. The normalized spacial score (nSPS) is 10.7. The van der Waals surface area contributed by atoms with Gasteiger partial charge in [-0.2, -0.15) is 0 Å². The Morgan fingerprint density at radius 2 is 2.00 bits per heavy atom. The highest BCUT2D eigenvalue weighted by atomic mass is 16.5. The van der Waals surface area contributed by atoms with Crippen LogP contribution in [0.25, 0.3) is 0 Å². The van der Waals surface area contributed by atoms with Crippen LogP contribution in [0.15, 0.2) is 11.6 Å². The van der Waals surface area contributed by atoms with Gasteiger partial charge in [0.25, 0.3) is 6.47 Å². The van der Waals surface area contributed by atoms with Gasteiger partial charge in [0.2, 0.25) is 0 Å². The molecular formula is C10H18O2. The Hall–Kier alpha value is -0.790. The first-order chi connectivity index (χ1) is 5.48. The predicted octanol–water partition coefficient (Wildman–Crippen LogP) is 2.54. The van der Waals surface area contributed by atoms with Crippen LogP contribution in [0, 0.1) is 5.41 Å². The summed E-state index contributed by atoms with van der Waals surface area (Å²) in [7, 11) is 0. The minimum absolute atomic E-state index is 0.0537. The molecule has 0 aliphatic rings. The first-order valence-corrected chi connectivity index (χ1v) is 4.16. The molecule has 0 saturated heterocycles. The van der Waals surface area contributed by atoms with Crippen LogP contribution in [0.3, 0.4) is 0 Å². The van der Waals surface area contributed by atoms with Crippen LogP contribution in [0.2, 0.25) is 0 Å². The SMILES string of the molecule is CC(C)=CCC(C)(C)COC=O. The van der Waals surface area contributed by atoms with Crippen molar-refractivity contribution in [3.63, 3.8) is 0 Å². The van der Waals surface area contributed by atoms with Crippen molar-refractivity contribution in [2.24, 2.45) is 5.41 Å². The maximum Gasteiger partial charge on any atom is 0.293 e. The Morgan fingerprint density at radius 3 is 2.42 bits per heavy atom. The van der Waals surface area contributed by atoms with Crippen molar-refractivity contribution in [2.75, 3.05) is 6.61 Å². The van der Waals surface area contributed by atoms with Crippen molar-refractivity contribution >= 4 is 6.47 Å². The molecule has 0 aromatic carbocycles. The molecule has 12 heavy (non-hydrogen) atoms. The molecule has 0 fully saturated rings. The Balaban J connectivity index is 3.86. The van der Waals surface area contributed by atoms with Crippen molar-refractivity contribution in [3.05, 3.63) is 11.6 Å². The number of carbonyl (C=O) groups excluding carboxylic acids is 1. The van der Waals surface area contributed by atoms with Gasteiger partial charge in [0.15, 0.2) is 0 Å². The minimum Gasteiger partial charge on any atom is -0.467 e. The summed E-state index contributed by atoms with van der Waals surface area (Å²) in [4.78, 5) is 9.95. The molecule has 0 aliphatic heterocycles. The van der Waals surface area contributed by atoms with E-state index in [-0.39, 0.29) is 5.41 Å². The predicted molar refractivity (Wildman–Crippen MR) is 49.8 cm³/mol. The number of hydrogen-bond donors (Lipinski definition) is 0. The summed E-state index contributed by atoms with van der Waals surface area (Å²) in [6.45, 7) is 9.28. The van der Waals surface area contributed by atoms with Gasteiger partial charge in [-0.15, -0.1) is 0 Å². The van der Waals surface area contributed by atoms with E-state index in [1.54, 1.807) is 0 Å². The zero-order valence-electron chi connectivity index (χ0n) is 8.39. The molecule has 70 valence electrons. The zero-order chi connectivity index (χ0) is 9.61. The second kappa shape index (κ2) is 4.96. The number of allylic oxidation sites excluding steroid dienone is 2. The topological polar surface area (TPSA) is 26.3 Å². The average Bonchev–Trinajstić information content (AvgIpc) is 1.98. The molecule has 0 N–H and O–H groups in total. The lowest BCUT2D eigenvalue weighted by Crippen LogP contribution is -2.18. The van der Waals surface area contributed by atoms with Gasteiger partial charge < -0.3 is 4.74 Å². The fourth-order valence-corrected chi connectivity index (χ4v) is 0.799. The average molecular weight is 170 g/mol. The van der Waals surface area contributed by atoms with Gasteiger partial charge in [0.05, 0.1) is 6.61 Å². The fourth-order valence-electron chi connectivity index (χ4n) is 0.799. The molecule has 0 unspecified atom stereocenters. The Morgan fingerprint density at radius 1 is 1.42 bits per heavy atom.